The molecule has 2 heterocycles. The number of alkyl halides is 2. The van der Waals surface area contributed by atoms with Gasteiger partial charge in [0.25, 0.3) is 0 Å². The summed E-state index contributed by atoms with van der Waals surface area (Å²) >= 11 is 0. The van der Waals surface area contributed by atoms with Crippen molar-refractivity contribution in [2.24, 2.45) is 0 Å². The van der Waals surface area contributed by atoms with E-state index < -0.39 is 24.5 Å². The molecule has 1 saturated heterocycles. The number of halogens is 2. The largest absolute Gasteiger partial charge is 0.463 e. The van der Waals surface area contributed by atoms with Crippen molar-refractivity contribution in [3.8, 4) is 5.75 Å². The molecule has 248 valence electrons. The summed E-state index contributed by atoms with van der Waals surface area (Å²) in [5, 5.41) is 3.09. The van der Waals surface area contributed by atoms with Crippen LogP contribution >= 0.6 is 0 Å². The van der Waals surface area contributed by atoms with Crippen molar-refractivity contribution in [2.75, 3.05) is 45.9 Å². The maximum atomic E-state index is 13.7. The minimum absolute atomic E-state index is 0.102. The van der Waals surface area contributed by atoms with E-state index in [-0.39, 0.29) is 41.7 Å². The lowest BCUT2D eigenvalue weighted by Gasteiger charge is -2.39. The van der Waals surface area contributed by atoms with Crippen LogP contribution in [-0.4, -0.2) is 74.3 Å². The summed E-state index contributed by atoms with van der Waals surface area (Å²) in [7, 11) is 0. The van der Waals surface area contributed by atoms with Crippen molar-refractivity contribution in [2.45, 2.75) is 39.3 Å². The average Bonchev–Trinajstić information content (AvgIpc) is 3.06. The topological polar surface area (TPSA) is 80.3 Å². The van der Waals surface area contributed by atoms with Crippen LogP contribution in [-0.2, 0) is 19.1 Å². The Morgan fingerprint density at radius 2 is 1.32 bits per heavy atom. The third-order valence-corrected chi connectivity index (χ3v) is 8.57. The van der Waals surface area contributed by atoms with E-state index in [1.165, 1.54) is 17.2 Å². The second-order valence-corrected chi connectivity index (χ2v) is 11.5. The molecule has 10 heteroatoms. The first-order valence-electron chi connectivity index (χ1n) is 15.9. The number of allylic oxidation sites excluding steroid dienone is 2. The number of nitrogens with one attached hydrogen (secondary N) is 1. The zero-order valence-electron chi connectivity index (χ0n) is 27.0. The van der Waals surface area contributed by atoms with Crippen LogP contribution in [0.1, 0.15) is 49.4 Å². The molecule has 47 heavy (non-hydrogen) atoms. The van der Waals surface area contributed by atoms with Crippen LogP contribution in [0, 0.1) is 0 Å². The highest BCUT2D eigenvalue weighted by Gasteiger charge is 2.39. The summed E-state index contributed by atoms with van der Waals surface area (Å²) in [5.41, 5.74) is 3.92. The molecule has 2 aliphatic heterocycles. The van der Waals surface area contributed by atoms with Crippen LogP contribution < -0.4 is 10.1 Å². The number of rotatable bonds is 12. The molecule has 0 amide bonds. The molecule has 0 aromatic heterocycles. The van der Waals surface area contributed by atoms with Crippen LogP contribution in [0.5, 0.6) is 5.75 Å². The standard InChI is InChI=1S/C37H41F2N3O5/c1-4-45-35(43)31-25(2)40-26(3)32(33(31)29-17-11-12-18-30(29)47-37(38)39)36(44)46-24-23-41-19-21-42(22-20-41)34(27-13-7-5-8-14-27)28-15-9-6-10-16-28/h5-18,33-34,37,40H,4,19-24H2,1-3H3. The fourth-order valence-electron chi connectivity index (χ4n) is 6.45. The van der Waals surface area contributed by atoms with Gasteiger partial charge in [-0.05, 0) is 38.0 Å². The van der Waals surface area contributed by atoms with Crippen LogP contribution in [0.2, 0.25) is 0 Å². The predicted octanol–water partition coefficient (Wildman–Crippen LogP) is 6.04. The number of nitrogens with zero attached hydrogens (tertiary/aromatic N) is 2. The fraction of sp³-hybridized carbons (Fsp3) is 0.351. The molecule has 0 spiro atoms. The van der Waals surface area contributed by atoms with Gasteiger partial charge in [0.2, 0.25) is 0 Å². The van der Waals surface area contributed by atoms with Gasteiger partial charge in [0.05, 0.1) is 29.7 Å². The minimum atomic E-state index is -3.09. The summed E-state index contributed by atoms with van der Waals surface area (Å²) in [6.45, 7) is 5.98. The number of benzene rings is 3. The van der Waals surface area contributed by atoms with E-state index in [0.717, 1.165) is 26.2 Å². The first-order chi connectivity index (χ1) is 22.8. The van der Waals surface area contributed by atoms with E-state index in [9.17, 15) is 18.4 Å². The molecule has 0 radical (unpaired) electrons. The molecule has 8 nitrogen and oxygen atoms in total. The Balaban J connectivity index is 1.28. The SMILES string of the molecule is CCOC(=O)C1=C(C)NC(C)=C(C(=O)OCCN2CCN(C(c3ccccc3)c3ccccc3)CC2)C1c1ccccc1OC(F)F. The van der Waals surface area contributed by atoms with Crippen LogP contribution in [0.3, 0.4) is 0 Å². The van der Waals surface area contributed by atoms with Crippen molar-refractivity contribution in [3.63, 3.8) is 0 Å². The van der Waals surface area contributed by atoms with E-state index in [1.54, 1.807) is 39.0 Å². The summed E-state index contributed by atoms with van der Waals surface area (Å²) in [6.07, 6.45) is 0. The van der Waals surface area contributed by atoms with Crippen molar-refractivity contribution < 1.29 is 32.6 Å². The van der Waals surface area contributed by atoms with Gasteiger partial charge in [-0.2, -0.15) is 8.78 Å². The van der Waals surface area contributed by atoms with Crippen molar-refractivity contribution in [1.82, 2.24) is 15.1 Å². The van der Waals surface area contributed by atoms with Gasteiger partial charge in [0.1, 0.15) is 12.4 Å². The third-order valence-electron chi connectivity index (χ3n) is 8.57. The number of carbonyl (C=O) groups is 2. The smallest absolute Gasteiger partial charge is 0.387 e. The monoisotopic (exact) mass is 645 g/mol. The van der Waals surface area contributed by atoms with Crippen molar-refractivity contribution >= 4 is 11.9 Å². The molecule has 1 N–H and O–H groups in total. The van der Waals surface area contributed by atoms with Gasteiger partial charge >= 0.3 is 18.6 Å². The normalized spacial score (nSPS) is 17.6. The Hall–Kier alpha value is -4.54. The molecule has 0 aliphatic carbocycles. The average molecular weight is 646 g/mol. The van der Waals surface area contributed by atoms with E-state index in [4.69, 9.17) is 14.2 Å². The Labute approximate surface area is 274 Å². The van der Waals surface area contributed by atoms with E-state index in [1.807, 2.05) is 12.1 Å². The Morgan fingerprint density at radius 3 is 1.87 bits per heavy atom. The summed E-state index contributed by atoms with van der Waals surface area (Å²) in [5.74, 6) is -2.47. The van der Waals surface area contributed by atoms with Crippen LogP contribution in [0.15, 0.2) is 107 Å². The number of piperazine rings is 1. The second-order valence-electron chi connectivity index (χ2n) is 11.5. The molecule has 0 saturated carbocycles. The predicted molar refractivity (Wildman–Crippen MR) is 175 cm³/mol. The highest BCUT2D eigenvalue weighted by Crippen LogP contribution is 2.43. The minimum Gasteiger partial charge on any atom is -0.463 e. The summed E-state index contributed by atoms with van der Waals surface area (Å²) in [4.78, 5) is 31.7. The lowest BCUT2D eigenvalue weighted by Crippen LogP contribution is -2.48. The van der Waals surface area contributed by atoms with Gasteiger partial charge in [-0.25, -0.2) is 9.59 Å². The number of esters is 2. The van der Waals surface area contributed by atoms with Crippen LogP contribution in [0.25, 0.3) is 0 Å². The van der Waals surface area contributed by atoms with Gasteiger partial charge in [-0.1, -0.05) is 78.9 Å². The number of para-hydroxylation sites is 1. The van der Waals surface area contributed by atoms with E-state index in [2.05, 4.69) is 63.6 Å². The van der Waals surface area contributed by atoms with Crippen molar-refractivity contribution in [3.05, 3.63) is 124 Å². The summed E-state index contributed by atoms with van der Waals surface area (Å²) in [6, 6.07) is 27.3. The molecule has 3 aromatic carbocycles. The Morgan fingerprint density at radius 1 is 0.787 bits per heavy atom. The number of dihydropyridines is 1. The van der Waals surface area contributed by atoms with Gasteiger partial charge in [0, 0.05) is 49.7 Å². The number of carbonyl (C=O) groups excluding carboxylic acids is 2. The van der Waals surface area contributed by atoms with Gasteiger partial charge in [-0.3, -0.25) is 9.80 Å². The molecular weight excluding hydrogens is 604 g/mol. The highest BCUT2D eigenvalue weighted by molar-refractivity contribution is 6.00. The molecule has 2 aliphatic rings. The van der Waals surface area contributed by atoms with Gasteiger partial charge in [0.15, 0.2) is 0 Å². The molecule has 3 aromatic rings. The quantitative estimate of drug-likeness (QED) is 0.239. The highest BCUT2D eigenvalue weighted by atomic mass is 19.3. The zero-order valence-corrected chi connectivity index (χ0v) is 27.0. The first-order valence-corrected chi connectivity index (χ1v) is 15.9. The van der Waals surface area contributed by atoms with Crippen molar-refractivity contribution in [1.29, 1.82) is 0 Å². The lowest BCUT2D eigenvalue weighted by atomic mass is 9.80. The second kappa shape index (κ2) is 15.8. The molecule has 0 bridgehead atoms. The Bertz CT molecular complexity index is 1550. The fourth-order valence-corrected chi connectivity index (χ4v) is 6.45. The maximum absolute atomic E-state index is 13.7. The lowest BCUT2D eigenvalue weighted by molar-refractivity contribution is -0.140. The zero-order chi connectivity index (χ0) is 33.3. The maximum Gasteiger partial charge on any atom is 0.387 e. The van der Waals surface area contributed by atoms with Gasteiger partial charge in [-0.15, -0.1) is 0 Å². The number of ether oxygens (including phenoxy) is 3. The van der Waals surface area contributed by atoms with Crippen LogP contribution in [0.4, 0.5) is 8.78 Å². The van der Waals surface area contributed by atoms with E-state index >= 15 is 0 Å². The molecule has 1 atom stereocenters. The molecule has 5 rings (SSSR count). The first kappa shape index (κ1) is 33.8. The Kier molecular flexibility index (Phi) is 11.4. The number of hydrogen-bond acceptors (Lipinski definition) is 8. The molecular formula is C37H41F2N3O5. The molecule has 1 fully saturated rings. The molecule has 1 unspecified atom stereocenters. The summed E-state index contributed by atoms with van der Waals surface area (Å²) < 4.78 is 42.7. The number of hydrogen-bond donors (Lipinski definition) is 1. The third kappa shape index (κ3) is 8.07. The van der Waals surface area contributed by atoms with Gasteiger partial charge < -0.3 is 19.5 Å². The van der Waals surface area contributed by atoms with E-state index in [0.29, 0.717) is 17.9 Å².